The third kappa shape index (κ3) is 2.51. The van der Waals surface area contributed by atoms with E-state index in [9.17, 15) is 9.18 Å². The van der Waals surface area contributed by atoms with Gasteiger partial charge in [-0.05, 0) is 13.1 Å². The van der Waals surface area contributed by atoms with E-state index < -0.39 is 23.9 Å². The maximum absolute atomic E-state index is 13.3. The highest BCUT2D eigenvalue weighted by Crippen LogP contribution is 2.17. The van der Waals surface area contributed by atoms with Crippen LogP contribution in [0.4, 0.5) is 4.39 Å². The summed E-state index contributed by atoms with van der Waals surface area (Å²) in [6, 6.07) is 3.97. The summed E-state index contributed by atoms with van der Waals surface area (Å²) in [6.07, 6.45) is 0. The topological polar surface area (TPSA) is 75.3 Å². The van der Waals surface area contributed by atoms with Gasteiger partial charge in [0.05, 0.1) is 6.04 Å². The van der Waals surface area contributed by atoms with E-state index in [-0.39, 0.29) is 5.56 Å². The lowest BCUT2D eigenvalue weighted by Crippen LogP contribution is -2.43. The minimum absolute atomic E-state index is 0.194. The van der Waals surface area contributed by atoms with Gasteiger partial charge in [0, 0.05) is 5.56 Å². The van der Waals surface area contributed by atoms with Gasteiger partial charge in [-0.3, -0.25) is 4.79 Å². The van der Waals surface area contributed by atoms with Crippen LogP contribution >= 0.6 is 0 Å². The lowest BCUT2D eigenvalue weighted by Gasteiger charge is -2.20. The summed E-state index contributed by atoms with van der Waals surface area (Å²) in [4.78, 5) is 10.8. The van der Waals surface area contributed by atoms with Crippen LogP contribution < -0.4 is 11.1 Å². The average Bonchev–Trinajstić information content (AvgIpc) is 2.18. The molecule has 5 heteroatoms. The summed E-state index contributed by atoms with van der Waals surface area (Å²) in [5.41, 5.74) is 5.86. The molecular weight excluding hydrogens is 199 g/mol. The van der Waals surface area contributed by atoms with Crippen LogP contribution in [0.15, 0.2) is 24.3 Å². The van der Waals surface area contributed by atoms with Crippen LogP contribution in [0.3, 0.4) is 0 Å². The number of aliphatic carboxylic acids is 1. The van der Waals surface area contributed by atoms with Gasteiger partial charge in [-0.2, -0.15) is 0 Å². The lowest BCUT2D eigenvalue weighted by molar-refractivity contribution is -0.139. The summed E-state index contributed by atoms with van der Waals surface area (Å²) in [5, 5.41) is 11.4. The number of carbonyl (C=O) groups is 1. The Balaban J connectivity index is 2.97. The first-order chi connectivity index (χ1) is 7.07. The Labute approximate surface area is 86.9 Å². The fourth-order valence-corrected chi connectivity index (χ4v) is 1.38. The van der Waals surface area contributed by atoms with Gasteiger partial charge in [-0.25, -0.2) is 4.39 Å². The van der Waals surface area contributed by atoms with Gasteiger partial charge in [-0.15, -0.1) is 0 Å². The van der Waals surface area contributed by atoms with E-state index in [0.717, 1.165) is 0 Å². The van der Waals surface area contributed by atoms with Crippen molar-refractivity contribution in [2.45, 2.75) is 12.1 Å². The van der Waals surface area contributed by atoms with Gasteiger partial charge >= 0.3 is 5.97 Å². The molecule has 2 atom stereocenters. The van der Waals surface area contributed by atoms with Gasteiger partial charge in [0.2, 0.25) is 0 Å². The lowest BCUT2D eigenvalue weighted by atomic mass is 10.00. The van der Waals surface area contributed by atoms with Crippen molar-refractivity contribution in [3.05, 3.63) is 35.6 Å². The highest BCUT2D eigenvalue weighted by atomic mass is 19.1. The van der Waals surface area contributed by atoms with Crippen LogP contribution in [0.25, 0.3) is 0 Å². The standard InChI is InChI=1S/C10H13FN2O2/c1-13-9(10(14)15)8(12)6-4-2-3-5-7(6)11/h2-5,8-9,13H,12H2,1H3,(H,14,15). The second-order valence-electron chi connectivity index (χ2n) is 3.15. The van der Waals surface area contributed by atoms with Gasteiger partial charge in [-0.1, -0.05) is 18.2 Å². The minimum atomic E-state index is -1.10. The summed E-state index contributed by atoms with van der Waals surface area (Å²) in [5.74, 6) is -1.60. The zero-order valence-corrected chi connectivity index (χ0v) is 8.27. The molecule has 0 amide bonds. The van der Waals surface area contributed by atoms with Crippen LogP contribution in [0.5, 0.6) is 0 Å². The van der Waals surface area contributed by atoms with Crippen molar-refractivity contribution >= 4 is 5.97 Å². The molecule has 15 heavy (non-hydrogen) atoms. The summed E-state index contributed by atoms with van der Waals surface area (Å²) in [7, 11) is 1.47. The van der Waals surface area contributed by atoms with E-state index >= 15 is 0 Å². The number of rotatable bonds is 4. The van der Waals surface area contributed by atoms with Crippen LogP contribution in [0.1, 0.15) is 11.6 Å². The van der Waals surface area contributed by atoms with E-state index in [0.29, 0.717) is 0 Å². The normalized spacial score (nSPS) is 14.6. The number of carboxylic acids is 1. The van der Waals surface area contributed by atoms with Gasteiger partial charge < -0.3 is 16.2 Å². The highest BCUT2D eigenvalue weighted by molar-refractivity contribution is 5.74. The van der Waals surface area contributed by atoms with E-state index in [1.165, 1.54) is 25.2 Å². The number of likely N-dealkylation sites (N-methyl/N-ethyl adjacent to an activating group) is 1. The molecule has 0 spiro atoms. The molecule has 82 valence electrons. The Morgan fingerprint density at radius 3 is 2.60 bits per heavy atom. The van der Waals surface area contributed by atoms with Gasteiger partial charge in [0.25, 0.3) is 0 Å². The van der Waals surface area contributed by atoms with Crippen LogP contribution in [0.2, 0.25) is 0 Å². The van der Waals surface area contributed by atoms with Crippen molar-refractivity contribution in [1.29, 1.82) is 0 Å². The third-order valence-corrected chi connectivity index (χ3v) is 2.20. The SMILES string of the molecule is CNC(C(=O)O)C(N)c1ccccc1F. The largest absolute Gasteiger partial charge is 0.480 e. The molecule has 2 unspecified atom stereocenters. The molecule has 0 bridgehead atoms. The predicted molar refractivity (Wildman–Crippen MR) is 53.8 cm³/mol. The molecule has 0 aliphatic carbocycles. The maximum Gasteiger partial charge on any atom is 0.322 e. The van der Waals surface area contributed by atoms with Crippen molar-refractivity contribution in [2.24, 2.45) is 5.73 Å². The molecular formula is C10H13FN2O2. The Kier molecular flexibility index (Phi) is 3.76. The molecule has 0 radical (unpaired) electrons. The first kappa shape index (κ1) is 11.6. The molecule has 0 aromatic heterocycles. The molecule has 0 heterocycles. The Morgan fingerprint density at radius 1 is 1.53 bits per heavy atom. The molecule has 1 rings (SSSR count). The van der Waals surface area contributed by atoms with Crippen molar-refractivity contribution in [1.82, 2.24) is 5.32 Å². The first-order valence-corrected chi connectivity index (χ1v) is 4.48. The molecule has 0 saturated carbocycles. The minimum Gasteiger partial charge on any atom is -0.480 e. The fourth-order valence-electron chi connectivity index (χ4n) is 1.38. The number of benzene rings is 1. The molecule has 0 fully saturated rings. The zero-order valence-electron chi connectivity index (χ0n) is 8.27. The Bertz CT molecular complexity index is 357. The zero-order chi connectivity index (χ0) is 11.4. The van der Waals surface area contributed by atoms with Gasteiger partial charge in [0.1, 0.15) is 11.9 Å². The van der Waals surface area contributed by atoms with Crippen molar-refractivity contribution in [3.8, 4) is 0 Å². The smallest absolute Gasteiger partial charge is 0.322 e. The molecule has 1 aromatic rings. The van der Waals surface area contributed by atoms with Crippen molar-refractivity contribution in [2.75, 3.05) is 7.05 Å². The molecule has 4 N–H and O–H groups in total. The van der Waals surface area contributed by atoms with Crippen LogP contribution in [0, 0.1) is 5.82 Å². The van der Waals surface area contributed by atoms with Gasteiger partial charge in [0.15, 0.2) is 0 Å². The number of hydrogen-bond donors (Lipinski definition) is 3. The fraction of sp³-hybridized carbons (Fsp3) is 0.300. The number of nitrogens with one attached hydrogen (secondary N) is 1. The monoisotopic (exact) mass is 212 g/mol. The molecule has 1 aromatic carbocycles. The highest BCUT2D eigenvalue weighted by Gasteiger charge is 2.26. The number of nitrogens with two attached hydrogens (primary N) is 1. The third-order valence-electron chi connectivity index (χ3n) is 2.20. The quantitative estimate of drug-likeness (QED) is 0.679. The summed E-state index contributed by atoms with van der Waals surface area (Å²) < 4.78 is 13.3. The Morgan fingerprint density at radius 2 is 2.13 bits per heavy atom. The first-order valence-electron chi connectivity index (χ1n) is 4.48. The van der Waals surface area contributed by atoms with E-state index in [1.54, 1.807) is 6.07 Å². The van der Waals surface area contributed by atoms with Crippen molar-refractivity contribution < 1.29 is 14.3 Å². The van der Waals surface area contributed by atoms with E-state index in [2.05, 4.69) is 5.32 Å². The summed E-state index contributed by atoms with van der Waals surface area (Å²) in [6.45, 7) is 0. The average molecular weight is 212 g/mol. The van der Waals surface area contributed by atoms with Crippen LogP contribution in [-0.4, -0.2) is 24.2 Å². The molecule has 0 aliphatic rings. The second-order valence-corrected chi connectivity index (χ2v) is 3.15. The van der Waals surface area contributed by atoms with Crippen LogP contribution in [-0.2, 0) is 4.79 Å². The van der Waals surface area contributed by atoms with E-state index in [4.69, 9.17) is 10.8 Å². The number of hydrogen-bond acceptors (Lipinski definition) is 3. The molecule has 0 saturated heterocycles. The summed E-state index contributed by atoms with van der Waals surface area (Å²) >= 11 is 0. The Hall–Kier alpha value is -1.46. The molecule has 4 nitrogen and oxygen atoms in total. The number of halogens is 1. The predicted octanol–water partition coefficient (Wildman–Crippen LogP) is 0.498. The molecule has 0 aliphatic heterocycles. The second kappa shape index (κ2) is 4.86. The maximum atomic E-state index is 13.3. The van der Waals surface area contributed by atoms with E-state index in [1.807, 2.05) is 0 Å². The van der Waals surface area contributed by atoms with Crippen molar-refractivity contribution in [3.63, 3.8) is 0 Å². The number of carboxylic acid groups (broad SMARTS) is 1.